The molecular weight excluding hydrogens is 356 g/mol. The van der Waals surface area contributed by atoms with Crippen molar-refractivity contribution in [2.75, 3.05) is 13.2 Å². The number of carbonyl (C=O) groups excluding carboxylic acids is 1. The van der Waals surface area contributed by atoms with Crippen LogP contribution in [0, 0.1) is 0 Å². The molecule has 0 aliphatic carbocycles. The third-order valence-corrected chi connectivity index (χ3v) is 5.27. The number of hydrogen-bond donors (Lipinski definition) is 1. The van der Waals surface area contributed by atoms with Crippen molar-refractivity contribution in [1.82, 2.24) is 20.1 Å². The van der Waals surface area contributed by atoms with Gasteiger partial charge >= 0.3 is 0 Å². The third kappa shape index (κ3) is 4.13. The monoisotopic (exact) mass is 384 g/mol. The van der Waals surface area contributed by atoms with Crippen LogP contribution in [0.2, 0.25) is 0 Å². The number of amides is 1. The lowest BCUT2D eigenvalue weighted by Crippen LogP contribution is -2.31. The van der Waals surface area contributed by atoms with Gasteiger partial charge in [-0.15, -0.1) is 10.2 Å². The van der Waals surface area contributed by atoms with Gasteiger partial charge < -0.3 is 19.4 Å². The zero-order valence-electron chi connectivity index (χ0n) is 16.7. The van der Waals surface area contributed by atoms with Crippen molar-refractivity contribution in [3.05, 3.63) is 35.4 Å². The minimum Gasteiger partial charge on any atom is -0.483 e. The first kappa shape index (κ1) is 18.8. The molecule has 0 spiro atoms. The Bertz CT molecular complexity index is 859. The third-order valence-electron chi connectivity index (χ3n) is 5.27. The molecule has 0 saturated heterocycles. The molecule has 1 amide bonds. The van der Waals surface area contributed by atoms with Crippen molar-refractivity contribution in [2.45, 2.75) is 64.5 Å². The van der Waals surface area contributed by atoms with E-state index in [9.17, 15) is 4.79 Å². The predicted molar refractivity (Wildman–Crippen MR) is 105 cm³/mol. The summed E-state index contributed by atoms with van der Waals surface area (Å²) in [7, 11) is 0. The number of benzene rings is 1. The maximum atomic E-state index is 12.2. The summed E-state index contributed by atoms with van der Waals surface area (Å²) >= 11 is 0. The molecule has 2 aromatic rings. The predicted octanol–water partition coefficient (Wildman–Crippen LogP) is 2.46. The molecule has 2 aliphatic heterocycles. The number of nitrogens with zero attached hydrogens (tertiary/aromatic N) is 3. The van der Waals surface area contributed by atoms with Gasteiger partial charge in [-0.3, -0.25) is 4.79 Å². The van der Waals surface area contributed by atoms with E-state index in [1.165, 1.54) is 19.3 Å². The highest BCUT2D eigenvalue weighted by Crippen LogP contribution is 2.41. The summed E-state index contributed by atoms with van der Waals surface area (Å²) < 4.78 is 13.9. The fourth-order valence-electron chi connectivity index (χ4n) is 3.94. The van der Waals surface area contributed by atoms with E-state index in [1.807, 2.05) is 18.2 Å². The molecule has 28 heavy (non-hydrogen) atoms. The molecule has 2 aliphatic rings. The Hall–Kier alpha value is -2.57. The van der Waals surface area contributed by atoms with Crippen LogP contribution in [0.3, 0.4) is 0 Å². The molecule has 0 unspecified atom stereocenters. The van der Waals surface area contributed by atoms with Gasteiger partial charge in [0, 0.05) is 37.9 Å². The number of carbonyl (C=O) groups is 1. The van der Waals surface area contributed by atoms with Gasteiger partial charge in [-0.1, -0.05) is 18.6 Å². The second-order valence-corrected chi connectivity index (χ2v) is 8.17. The van der Waals surface area contributed by atoms with Gasteiger partial charge in [0.25, 0.3) is 5.91 Å². The lowest BCUT2D eigenvalue weighted by Gasteiger charge is -2.18. The van der Waals surface area contributed by atoms with E-state index < -0.39 is 0 Å². The molecule has 0 fully saturated rings. The molecule has 1 N–H and O–H groups in total. The smallest absolute Gasteiger partial charge is 0.257 e. The number of nitrogens with one attached hydrogen (secondary N) is 1. The first-order chi connectivity index (χ1) is 13.5. The molecule has 0 atom stereocenters. The fraction of sp³-hybridized carbons (Fsp3) is 0.571. The van der Waals surface area contributed by atoms with E-state index in [0.29, 0.717) is 18.7 Å². The second kappa shape index (κ2) is 7.81. The summed E-state index contributed by atoms with van der Waals surface area (Å²) in [6.45, 7) is 5.57. The Kier molecular flexibility index (Phi) is 5.24. The Morgan fingerprint density at radius 2 is 2.18 bits per heavy atom. The van der Waals surface area contributed by atoms with Gasteiger partial charge in [-0.05, 0) is 32.8 Å². The van der Waals surface area contributed by atoms with Gasteiger partial charge in [0.05, 0.1) is 0 Å². The van der Waals surface area contributed by atoms with Crippen LogP contribution in [-0.4, -0.2) is 39.4 Å². The molecule has 0 saturated carbocycles. The van der Waals surface area contributed by atoms with Crippen LogP contribution < -0.4 is 14.8 Å². The van der Waals surface area contributed by atoms with Gasteiger partial charge in [0.2, 0.25) is 0 Å². The molecule has 1 aromatic heterocycles. The Balaban J connectivity index is 1.27. The number of para-hydroxylation sites is 1. The van der Waals surface area contributed by atoms with Crippen LogP contribution in [0.5, 0.6) is 11.5 Å². The minimum absolute atomic E-state index is 0.0296. The second-order valence-electron chi connectivity index (χ2n) is 8.17. The molecule has 1 aromatic carbocycles. The molecule has 0 radical (unpaired) electrons. The van der Waals surface area contributed by atoms with Crippen LogP contribution in [0.15, 0.2) is 18.2 Å². The highest BCUT2D eigenvalue weighted by molar-refractivity contribution is 5.77. The average Bonchev–Trinajstić information content (AvgIpc) is 3.09. The van der Waals surface area contributed by atoms with E-state index >= 15 is 0 Å². The van der Waals surface area contributed by atoms with Gasteiger partial charge in [-0.2, -0.15) is 0 Å². The lowest BCUT2D eigenvalue weighted by molar-refractivity contribution is -0.123. The molecule has 3 heterocycles. The molecule has 150 valence electrons. The van der Waals surface area contributed by atoms with Crippen molar-refractivity contribution < 1.29 is 14.3 Å². The first-order valence-corrected chi connectivity index (χ1v) is 10.1. The van der Waals surface area contributed by atoms with Crippen molar-refractivity contribution >= 4 is 5.91 Å². The Morgan fingerprint density at radius 3 is 3.07 bits per heavy atom. The molecule has 7 heteroatoms. The average molecular weight is 384 g/mol. The fourth-order valence-corrected chi connectivity index (χ4v) is 3.94. The van der Waals surface area contributed by atoms with Gasteiger partial charge in [0.15, 0.2) is 18.1 Å². The van der Waals surface area contributed by atoms with E-state index in [-0.39, 0.29) is 18.1 Å². The van der Waals surface area contributed by atoms with Crippen LogP contribution in [0.1, 0.15) is 50.3 Å². The summed E-state index contributed by atoms with van der Waals surface area (Å²) in [6.07, 6.45) is 6.09. The highest BCUT2D eigenvalue weighted by Gasteiger charge is 2.32. The first-order valence-electron chi connectivity index (χ1n) is 10.1. The number of fused-ring (bicyclic) bond motifs is 2. The quantitative estimate of drug-likeness (QED) is 0.828. The molecular formula is C21H28N4O3. The van der Waals surface area contributed by atoms with E-state index in [0.717, 1.165) is 42.3 Å². The zero-order chi connectivity index (χ0) is 19.6. The molecule has 0 bridgehead atoms. The standard InChI is InChI=1S/C21H28N4O3/c1-21(2)13-15-7-6-8-16(20(15)28-21)27-14-19(26)22-11-10-18-24-23-17-9-4-3-5-12-25(17)18/h6-8H,3-5,9-14H2,1-2H3,(H,22,26). The van der Waals surface area contributed by atoms with E-state index in [2.05, 4.69) is 33.9 Å². The van der Waals surface area contributed by atoms with Crippen LogP contribution in [0.25, 0.3) is 0 Å². The maximum Gasteiger partial charge on any atom is 0.257 e. The Morgan fingerprint density at radius 1 is 1.29 bits per heavy atom. The van der Waals surface area contributed by atoms with Crippen LogP contribution in [0.4, 0.5) is 0 Å². The highest BCUT2D eigenvalue weighted by atomic mass is 16.5. The minimum atomic E-state index is -0.236. The summed E-state index contributed by atoms with van der Waals surface area (Å²) in [4.78, 5) is 12.2. The van der Waals surface area contributed by atoms with E-state index in [1.54, 1.807) is 0 Å². The van der Waals surface area contributed by atoms with Crippen molar-refractivity contribution in [3.63, 3.8) is 0 Å². The number of rotatable bonds is 6. The number of aromatic nitrogens is 3. The molecule has 4 rings (SSSR count). The summed E-state index contributed by atoms with van der Waals surface area (Å²) in [5.74, 6) is 3.26. The lowest BCUT2D eigenvalue weighted by atomic mass is 10.0. The zero-order valence-corrected chi connectivity index (χ0v) is 16.7. The Labute approximate surface area is 165 Å². The SMILES string of the molecule is CC1(C)Cc2cccc(OCC(=O)NCCc3nnc4n3CCCCC4)c2O1. The van der Waals surface area contributed by atoms with Crippen LogP contribution >= 0.6 is 0 Å². The normalized spacial score (nSPS) is 17.2. The van der Waals surface area contributed by atoms with Crippen molar-refractivity contribution in [3.8, 4) is 11.5 Å². The van der Waals surface area contributed by atoms with Crippen LogP contribution in [-0.2, 0) is 30.6 Å². The topological polar surface area (TPSA) is 78.3 Å². The number of ether oxygens (including phenoxy) is 2. The van der Waals surface area contributed by atoms with E-state index in [4.69, 9.17) is 9.47 Å². The summed E-state index contributed by atoms with van der Waals surface area (Å²) in [6, 6.07) is 5.82. The summed E-state index contributed by atoms with van der Waals surface area (Å²) in [5.41, 5.74) is 0.885. The maximum absolute atomic E-state index is 12.2. The van der Waals surface area contributed by atoms with Gasteiger partial charge in [0.1, 0.15) is 17.2 Å². The van der Waals surface area contributed by atoms with Gasteiger partial charge in [-0.25, -0.2) is 0 Å². The molecule has 7 nitrogen and oxygen atoms in total. The van der Waals surface area contributed by atoms with Crippen molar-refractivity contribution in [2.24, 2.45) is 0 Å². The number of aryl methyl sites for hydroxylation is 1. The van der Waals surface area contributed by atoms with Crippen molar-refractivity contribution in [1.29, 1.82) is 0 Å². The summed E-state index contributed by atoms with van der Waals surface area (Å²) in [5, 5.41) is 11.5. The number of hydrogen-bond acceptors (Lipinski definition) is 5. The largest absolute Gasteiger partial charge is 0.483 e.